The molecule has 3 N–H and O–H groups in total. The molecule has 0 radical (unpaired) electrons. The lowest BCUT2D eigenvalue weighted by molar-refractivity contribution is -0.114. The first-order chi connectivity index (χ1) is 16.1. The molecule has 1 aliphatic rings. The number of furan rings is 1. The average molecular weight is 436 g/mol. The fourth-order valence-corrected chi connectivity index (χ4v) is 3.90. The molecule has 162 valence electrons. The molecule has 0 saturated carbocycles. The second-order valence-corrected chi connectivity index (χ2v) is 7.71. The Kier molecular flexibility index (Phi) is 5.24. The Balaban J connectivity index is 1.39. The van der Waals surface area contributed by atoms with E-state index in [1.807, 2.05) is 60.7 Å². The van der Waals surface area contributed by atoms with E-state index < -0.39 is 11.8 Å². The number of hydrogen-bond donors (Lipinski definition) is 3. The summed E-state index contributed by atoms with van der Waals surface area (Å²) in [7, 11) is 0. The minimum Gasteiger partial charge on any atom is -0.507 e. The largest absolute Gasteiger partial charge is 0.507 e. The molecule has 0 spiro atoms. The summed E-state index contributed by atoms with van der Waals surface area (Å²) >= 11 is 0. The van der Waals surface area contributed by atoms with Crippen LogP contribution < -0.4 is 10.6 Å². The van der Waals surface area contributed by atoms with E-state index in [2.05, 4.69) is 10.6 Å². The lowest BCUT2D eigenvalue weighted by Crippen LogP contribution is -2.37. The zero-order valence-corrected chi connectivity index (χ0v) is 17.5. The molecule has 6 nitrogen and oxygen atoms in total. The molecule has 0 saturated heterocycles. The number of benzene rings is 3. The third kappa shape index (κ3) is 4.02. The van der Waals surface area contributed by atoms with Crippen LogP contribution in [0.25, 0.3) is 27.8 Å². The minimum absolute atomic E-state index is 0.184. The van der Waals surface area contributed by atoms with Crippen molar-refractivity contribution in [3.8, 4) is 28.0 Å². The van der Waals surface area contributed by atoms with Crippen LogP contribution in [0.1, 0.15) is 21.5 Å². The summed E-state index contributed by atoms with van der Waals surface area (Å²) in [6.07, 6.45) is 4.78. The van der Waals surface area contributed by atoms with Crippen molar-refractivity contribution in [1.29, 1.82) is 0 Å². The Hall–Kier alpha value is -4.58. The SMILES string of the molecule is O=C1NC(=O)c2ccc(-c3ccoc3)cc2C1=CNCc1ccc(-c2ccccc2)c(O)c1. The normalized spacial score (nSPS) is 14.1. The monoisotopic (exact) mass is 436 g/mol. The molecule has 3 aromatic carbocycles. The highest BCUT2D eigenvalue weighted by Crippen LogP contribution is 2.31. The van der Waals surface area contributed by atoms with E-state index in [9.17, 15) is 14.7 Å². The second-order valence-electron chi connectivity index (χ2n) is 7.71. The second kappa shape index (κ2) is 8.51. The Morgan fingerprint density at radius 1 is 0.818 bits per heavy atom. The van der Waals surface area contributed by atoms with Crippen LogP contribution in [0.3, 0.4) is 0 Å². The lowest BCUT2D eigenvalue weighted by Gasteiger charge is -2.19. The van der Waals surface area contributed by atoms with E-state index in [0.29, 0.717) is 23.2 Å². The van der Waals surface area contributed by atoms with E-state index in [4.69, 9.17) is 4.42 Å². The summed E-state index contributed by atoms with van der Waals surface area (Å²) in [6.45, 7) is 0.393. The summed E-state index contributed by atoms with van der Waals surface area (Å²) in [5, 5.41) is 16.0. The van der Waals surface area contributed by atoms with Gasteiger partial charge in [0.15, 0.2) is 0 Å². The predicted octanol–water partition coefficient (Wildman–Crippen LogP) is 4.72. The van der Waals surface area contributed by atoms with E-state index in [1.54, 1.807) is 30.9 Å². The highest BCUT2D eigenvalue weighted by atomic mass is 16.3. The van der Waals surface area contributed by atoms with Crippen molar-refractivity contribution in [2.24, 2.45) is 0 Å². The van der Waals surface area contributed by atoms with Crippen LogP contribution in [0.4, 0.5) is 0 Å². The lowest BCUT2D eigenvalue weighted by atomic mass is 9.92. The highest BCUT2D eigenvalue weighted by Gasteiger charge is 2.27. The third-order valence-corrected chi connectivity index (χ3v) is 5.58. The van der Waals surface area contributed by atoms with Gasteiger partial charge in [-0.15, -0.1) is 0 Å². The fourth-order valence-electron chi connectivity index (χ4n) is 3.90. The number of rotatable bonds is 5. The van der Waals surface area contributed by atoms with Gasteiger partial charge in [0.05, 0.1) is 18.1 Å². The molecule has 33 heavy (non-hydrogen) atoms. The molecule has 0 atom stereocenters. The summed E-state index contributed by atoms with van der Waals surface area (Å²) in [5.74, 6) is -0.705. The van der Waals surface area contributed by atoms with E-state index in [1.165, 1.54) is 0 Å². The summed E-state index contributed by atoms with van der Waals surface area (Å²) < 4.78 is 5.15. The maximum atomic E-state index is 12.6. The number of nitrogens with one attached hydrogen (secondary N) is 2. The standard InChI is InChI=1S/C27H20N2O4/c30-25-12-17(6-8-21(25)18-4-2-1-3-5-18)14-28-15-24-23-13-19(20-10-11-33-16-20)7-9-22(23)26(31)29-27(24)32/h1-13,15-16,28,30H,14H2,(H,29,31,32). The maximum absolute atomic E-state index is 12.6. The first-order valence-corrected chi connectivity index (χ1v) is 10.4. The van der Waals surface area contributed by atoms with Crippen molar-refractivity contribution in [2.75, 3.05) is 0 Å². The van der Waals surface area contributed by atoms with Crippen molar-refractivity contribution in [1.82, 2.24) is 10.6 Å². The molecule has 1 aliphatic heterocycles. The van der Waals surface area contributed by atoms with Crippen molar-refractivity contribution < 1.29 is 19.1 Å². The molecule has 0 bridgehead atoms. The van der Waals surface area contributed by atoms with Gasteiger partial charge in [-0.2, -0.15) is 0 Å². The molecule has 2 amide bonds. The molecule has 0 fully saturated rings. The highest BCUT2D eigenvalue weighted by molar-refractivity contribution is 6.31. The summed E-state index contributed by atoms with van der Waals surface area (Å²) in [5.41, 5.74) is 5.59. The van der Waals surface area contributed by atoms with Crippen LogP contribution in [0, 0.1) is 0 Å². The number of fused-ring (bicyclic) bond motifs is 1. The van der Waals surface area contributed by atoms with Gasteiger partial charge in [0.2, 0.25) is 0 Å². The van der Waals surface area contributed by atoms with Gasteiger partial charge in [0.1, 0.15) is 5.75 Å². The topological polar surface area (TPSA) is 91.6 Å². The van der Waals surface area contributed by atoms with Gasteiger partial charge in [0, 0.05) is 35.0 Å². The van der Waals surface area contributed by atoms with Gasteiger partial charge in [0.25, 0.3) is 11.8 Å². The number of hydrogen-bond acceptors (Lipinski definition) is 5. The average Bonchev–Trinajstić information content (AvgIpc) is 3.37. The molecule has 4 aromatic rings. The minimum atomic E-state index is -0.466. The number of phenolic OH excluding ortho intramolecular Hbond substituents is 1. The number of carbonyl (C=O) groups excluding carboxylic acids is 2. The maximum Gasteiger partial charge on any atom is 0.260 e. The number of amides is 2. The van der Waals surface area contributed by atoms with Gasteiger partial charge in [-0.25, -0.2) is 0 Å². The molecule has 0 aliphatic carbocycles. The van der Waals surface area contributed by atoms with E-state index in [-0.39, 0.29) is 5.75 Å². The Labute approximate surface area is 190 Å². The van der Waals surface area contributed by atoms with E-state index in [0.717, 1.165) is 27.8 Å². The number of phenols is 1. The number of aromatic hydroxyl groups is 1. The molecular weight excluding hydrogens is 416 g/mol. The molecule has 5 rings (SSSR count). The van der Waals surface area contributed by atoms with Crippen LogP contribution in [0.5, 0.6) is 5.75 Å². The Morgan fingerprint density at radius 2 is 1.64 bits per heavy atom. The Bertz CT molecular complexity index is 1370. The predicted molar refractivity (Wildman–Crippen MR) is 125 cm³/mol. The van der Waals surface area contributed by atoms with Crippen LogP contribution >= 0.6 is 0 Å². The van der Waals surface area contributed by atoms with Crippen LogP contribution in [0.15, 0.2) is 95.9 Å². The molecule has 6 heteroatoms. The summed E-state index contributed by atoms with van der Waals surface area (Å²) in [6, 6.07) is 22.3. The first-order valence-electron chi connectivity index (χ1n) is 10.4. The van der Waals surface area contributed by atoms with Crippen LogP contribution in [0.2, 0.25) is 0 Å². The van der Waals surface area contributed by atoms with Gasteiger partial charge < -0.3 is 14.8 Å². The molecular formula is C27H20N2O4. The van der Waals surface area contributed by atoms with Gasteiger partial charge in [-0.05, 0) is 41.0 Å². The van der Waals surface area contributed by atoms with Gasteiger partial charge in [-0.1, -0.05) is 48.5 Å². The molecule has 2 heterocycles. The number of imide groups is 1. The zero-order chi connectivity index (χ0) is 22.8. The summed E-state index contributed by atoms with van der Waals surface area (Å²) in [4.78, 5) is 24.9. The van der Waals surface area contributed by atoms with Crippen molar-refractivity contribution >= 4 is 17.4 Å². The van der Waals surface area contributed by atoms with Crippen molar-refractivity contribution in [3.63, 3.8) is 0 Å². The molecule has 0 unspecified atom stereocenters. The van der Waals surface area contributed by atoms with Crippen LogP contribution in [-0.2, 0) is 11.3 Å². The zero-order valence-electron chi connectivity index (χ0n) is 17.5. The fraction of sp³-hybridized carbons (Fsp3) is 0.0370. The van der Waals surface area contributed by atoms with E-state index >= 15 is 0 Å². The number of carbonyl (C=O) groups is 2. The van der Waals surface area contributed by atoms with Gasteiger partial charge >= 0.3 is 0 Å². The van der Waals surface area contributed by atoms with Crippen molar-refractivity contribution in [2.45, 2.75) is 6.54 Å². The quantitative estimate of drug-likeness (QED) is 0.311. The smallest absolute Gasteiger partial charge is 0.260 e. The van der Waals surface area contributed by atoms with Gasteiger partial charge in [-0.3, -0.25) is 14.9 Å². The van der Waals surface area contributed by atoms with Crippen molar-refractivity contribution in [3.05, 3.63) is 108 Å². The van der Waals surface area contributed by atoms with Crippen LogP contribution in [-0.4, -0.2) is 16.9 Å². The molecule has 1 aromatic heterocycles. The first kappa shape index (κ1) is 20.3. The third-order valence-electron chi connectivity index (χ3n) is 5.58. The Morgan fingerprint density at radius 3 is 2.39 bits per heavy atom.